The molecule has 2 heterocycles. The van der Waals surface area contributed by atoms with Gasteiger partial charge in [0.2, 0.25) is 0 Å². The van der Waals surface area contributed by atoms with E-state index in [1.807, 2.05) is 0 Å². The van der Waals surface area contributed by atoms with Crippen molar-refractivity contribution in [3.63, 3.8) is 0 Å². The lowest BCUT2D eigenvalue weighted by atomic mass is 9.99. The van der Waals surface area contributed by atoms with E-state index in [1.165, 1.54) is 114 Å². The van der Waals surface area contributed by atoms with Gasteiger partial charge in [-0.3, -0.25) is 0 Å². The zero-order valence-electron chi connectivity index (χ0n) is 26.8. The fraction of sp³-hybridized carbons (Fsp3) is 0.722. The summed E-state index contributed by atoms with van der Waals surface area (Å²) in [5.41, 5.74) is 2.52. The molecular formula is C36H64N4+2. The summed E-state index contributed by atoms with van der Waals surface area (Å²) in [6.45, 7) is 13.7. The van der Waals surface area contributed by atoms with E-state index in [1.54, 1.807) is 0 Å². The maximum atomic E-state index is 3.65. The minimum Gasteiger partial charge on any atom is -0.384 e. The number of aryl methyl sites for hydroxylation is 2. The van der Waals surface area contributed by atoms with Crippen LogP contribution in [-0.2, 0) is 13.1 Å². The second kappa shape index (κ2) is 22.6. The molecule has 0 saturated carbocycles. The van der Waals surface area contributed by atoms with Crippen molar-refractivity contribution >= 4 is 11.4 Å². The molecule has 4 nitrogen and oxygen atoms in total. The molecule has 0 aliphatic carbocycles. The van der Waals surface area contributed by atoms with Crippen molar-refractivity contribution in [3.8, 4) is 0 Å². The van der Waals surface area contributed by atoms with Gasteiger partial charge in [-0.1, -0.05) is 91.9 Å². The number of aromatic nitrogens is 2. The molecule has 0 aliphatic heterocycles. The monoisotopic (exact) mass is 553 g/mol. The largest absolute Gasteiger partial charge is 0.384 e. The molecule has 2 atom stereocenters. The van der Waals surface area contributed by atoms with Gasteiger partial charge in [-0.15, -0.1) is 0 Å². The summed E-state index contributed by atoms with van der Waals surface area (Å²) in [7, 11) is 0. The van der Waals surface area contributed by atoms with Crippen LogP contribution in [0.25, 0.3) is 0 Å². The van der Waals surface area contributed by atoms with Crippen molar-refractivity contribution in [2.75, 3.05) is 23.7 Å². The highest BCUT2D eigenvalue weighted by atomic mass is 14.9. The van der Waals surface area contributed by atoms with E-state index in [0.717, 1.165) is 38.0 Å². The van der Waals surface area contributed by atoms with Crippen LogP contribution in [0.5, 0.6) is 0 Å². The van der Waals surface area contributed by atoms with Crippen LogP contribution >= 0.6 is 0 Å². The quantitative estimate of drug-likeness (QED) is 0.0950. The highest BCUT2D eigenvalue weighted by molar-refractivity contribution is 5.40. The molecular weight excluding hydrogens is 488 g/mol. The summed E-state index contributed by atoms with van der Waals surface area (Å²) in [6, 6.07) is 8.97. The minimum atomic E-state index is 0.796. The Labute approximate surface area is 248 Å². The van der Waals surface area contributed by atoms with Crippen molar-refractivity contribution in [2.24, 2.45) is 11.8 Å². The molecule has 0 aromatic carbocycles. The SMILES string of the molecule is CCCCC(CC)CNc1cc[n+](CCCCCCCCCC[n+]2ccc(NCC(CC)CCCC)cc2)cc1. The predicted molar refractivity (Wildman–Crippen MR) is 174 cm³/mol. The highest BCUT2D eigenvalue weighted by Crippen LogP contribution is 2.15. The van der Waals surface area contributed by atoms with Crippen LogP contribution in [0.4, 0.5) is 11.4 Å². The second-order valence-corrected chi connectivity index (χ2v) is 12.1. The first-order valence-corrected chi connectivity index (χ1v) is 17.1. The summed E-state index contributed by atoms with van der Waals surface area (Å²) in [6.07, 6.45) is 30.3. The van der Waals surface area contributed by atoms with E-state index in [9.17, 15) is 0 Å². The molecule has 0 fully saturated rings. The fourth-order valence-corrected chi connectivity index (χ4v) is 5.51. The van der Waals surface area contributed by atoms with Gasteiger partial charge in [0.1, 0.15) is 13.1 Å². The zero-order valence-corrected chi connectivity index (χ0v) is 26.8. The van der Waals surface area contributed by atoms with Gasteiger partial charge in [0.25, 0.3) is 0 Å². The maximum Gasteiger partial charge on any atom is 0.170 e. The van der Waals surface area contributed by atoms with Gasteiger partial charge in [-0.05, 0) is 37.5 Å². The fourth-order valence-electron chi connectivity index (χ4n) is 5.51. The van der Waals surface area contributed by atoms with Crippen LogP contribution in [-0.4, -0.2) is 13.1 Å². The van der Waals surface area contributed by atoms with Crippen LogP contribution in [0, 0.1) is 11.8 Å². The normalized spacial score (nSPS) is 12.8. The molecule has 2 rings (SSSR count). The van der Waals surface area contributed by atoms with Crippen molar-refractivity contribution in [1.82, 2.24) is 0 Å². The van der Waals surface area contributed by atoms with Crippen LogP contribution in [0.1, 0.15) is 130 Å². The summed E-state index contributed by atoms with van der Waals surface area (Å²) >= 11 is 0. The van der Waals surface area contributed by atoms with E-state index >= 15 is 0 Å². The molecule has 2 aromatic rings. The molecule has 2 unspecified atom stereocenters. The molecule has 0 bridgehead atoms. The maximum absolute atomic E-state index is 3.65. The number of pyridine rings is 2. The molecule has 2 N–H and O–H groups in total. The van der Waals surface area contributed by atoms with Crippen LogP contribution < -0.4 is 19.8 Å². The molecule has 0 amide bonds. The van der Waals surface area contributed by atoms with Gasteiger partial charge in [0.05, 0.1) is 0 Å². The molecule has 226 valence electrons. The molecule has 0 saturated heterocycles. The van der Waals surface area contributed by atoms with Gasteiger partial charge in [0.15, 0.2) is 24.8 Å². The van der Waals surface area contributed by atoms with E-state index in [-0.39, 0.29) is 0 Å². The van der Waals surface area contributed by atoms with Crippen LogP contribution in [0.3, 0.4) is 0 Å². The van der Waals surface area contributed by atoms with Crippen molar-refractivity contribution in [2.45, 2.75) is 144 Å². The Morgan fingerprint density at radius 3 is 1.18 bits per heavy atom. The Morgan fingerprint density at radius 2 is 0.850 bits per heavy atom. The second-order valence-electron chi connectivity index (χ2n) is 12.1. The topological polar surface area (TPSA) is 31.8 Å². The van der Waals surface area contributed by atoms with Gasteiger partial charge in [-0.25, -0.2) is 9.13 Å². The number of hydrogen-bond donors (Lipinski definition) is 2. The van der Waals surface area contributed by atoms with Gasteiger partial charge >= 0.3 is 0 Å². The third kappa shape index (κ3) is 15.6. The van der Waals surface area contributed by atoms with E-state index in [2.05, 4.69) is 96.5 Å². The first kappa shape index (κ1) is 34.1. The number of nitrogens with one attached hydrogen (secondary N) is 2. The Hall–Kier alpha value is -2.10. The first-order chi connectivity index (χ1) is 19.7. The number of rotatable bonds is 25. The van der Waals surface area contributed by atoms with E-state index in [0.29, 0.717) is 0 Å². The number of anilines is 2. The number of unbranched alkanes of at least 4 members (excludes halogenated alkanes) is 9. The Morgan fingerprint density at radius 1 is 0.500 bits per heavy atom. The standard InChI is InChI=1S/C36H62N4/c1-5-9-19-33(7-3)31-37-35-21-27-39(28-22-35)25-17-15-13-11-12-14-16-18-26-40-29-23-36(24-30-40)38-32-34(8-4)20-10-6-2/h21-24,27-30,33-34H,5-20,25-26,31-32H2,1-4H3/p+2. The molecule has 0 aliphatic rings. The lowest BCUT2D eigenvalue weighted by Gasteiger charge is -2.15. The summed E-state index contributed by atoms with van der Waals surface area (Å²) in [4.78, 5) is 0. The average molecular weight is 553 g/mol. The third-order valence-electron chi connectivity index (χ3n) is 8.64. The Kier molecular flexibility index (Phi) is 19.2. The van der Waals surface area contributed by atoms with Gasteiger partial charge in [-0.2, -0.15) is 0 Å². The molecule has 4 heteroatoms. The zero-order chi connectivity index (χ0) is 28.7. The van der Waals surface area contributed by atoms with Crippen molar-refractivity contribution < 1.29 is 9.13 Å². The lowest BCUT2D eigenvalue weighted by molar-refractivity contribution is -0.697. The van der Waals surface area contributed by atoms with Gasteiger partial charge in [0, 0.05) is 61.6 Å². The molecule has 0 spiro atoms. The van der Waals surface area contributed by atoms with E-state index < -0.39 is 0 Å². The number of nitrogens with zero attached hydrogens (tertiary/aromatic N) is 2. The average Bonchev–Trinajstić information content (AvgIpc) is 2.99. The smallest absolute Gasteiger partial charge is 0.170 e. The summed E-state index contributed by atoms with van der Waals surface area (Å²) in [5.74, 6) is 1.59. The van der Waals surface area contributed by atoms with Crippen molar-refractivity contribution in [3.05, 3.63) is 49.1 Å². The first-order valence-electron chi connectivity index (χ1n) is 17.1. The Balaban J connectivity index is 1.45. The highest BCUT2D eigenvalue weighted by Gasteiger charge is 2.08. The summed E-state index contributed by atoms with van der Waals surface area (Å²) < 4.78 is 4.69. The lowest BCUT2D eigenvalue weighted by Crippen LogP contribution is -2.32. The van der Waals surface area contributed by atoms with Gasteiger partial charge < -0.3 is 10.6 Å². The Bertz CT molecular complexity index is 761. The summed E-state index contributed by atoms with van der Waals surface area (Å²) in [5, 5.41) is 7.29. The predicted octanol–water partition coefficient (Wildman–Crippen LogP) is 9.34. The van der Waals surface area contributed by atoms with Crippen LogP contribution in [0.15, 0.2) is 49.1 Å². The number of hydrogen-bond acceptors (Lipinski definition) is 2. The molecule has 40 heavy (non-hydrogen) atoms. The molecule has 2 aromatic heterocycles. The molecule has 0 radical (unpaired) electrons. The van der Waals surface area contributed by atoms with E-state index in [4.69, 9.17) is 0 Å². The van der Waals surface area contributed by atoms with Crippen LogP contribution in [0.2, 0.25) is 0 Å². The third-order valence-corrected chi connectivity index (χ3v) is 8.64. The van der Waals surface area contributed by atoms with Crippen molar-refractivity contribution in [1.29, 1.82) is 0 Å². The minimum absolute atomic E-state index is 0.796.